The van der Waals surface area contributed by atoms with E-state index in [0.717, 1.165) is 12.8 Å². The van der Waals surface area contributed by atoms with Gasteiger partial charge in [-0.3, -0.25) is 9.59 Å². The molecular weight excluding hydrogens is 222 g/mol. The molecule has 0 spiro atoms. The Kier molecular flexibility index (Phi) is 6.26. The monoisotopic (exact) mass is 241 g/mol. The summed E-state index contributed by atoms with van der Waals surface area (Å²) >= 11 is 0. The average molecular weight is 241 g/mol. The first-order valence-electron chi connectivity index (χ1n) is 5.74. The highest BCUT2D eigenvalue weighted by Crippen LogP contribution is 2.27. The number of rotatable bonds is 7. The molecule has 0 saturated carbocycles. The van der Waals surface area contributed by atoms with Gasteiger partial charge in [0.05, 0.1) is 12.8 Å². The number of carboxylic acids is 1. The van der Waals surface area contributed by atoms with Gasteiger partial charge in [-0.2, -0.15) is 5.26 Å². The number of aliphatic carboxylic acids is 1. The molecule has 1 N–H and O–H groups in total. The summed E-state index contributed by atoms with van der Waals surface area (Å²) < 4.78 is 5.12. The van der Waals surface area contributed by atoms with Crippen LogP contribution in [0.1, 0.15) is 46.5 Å². The Morgan fingerprint density at radius 1 is 1.35 bits per heavy atom. The van der Waals surface area contributed by atoms with E-state index in [2.05, 4.69) is 0 Å². The van der Waals surface area contributed by atoms with E-state index in [1.165, 1.54) is 0 Å². The summed E-state index contributed by atoms with van der Waals surface area (Å²) in [5.74, 6) is -1.73. The summed E-state index contributed by atoms with van der Waals surface area (Å²) in [5.41, 5.74) is -1.17. The number of carboxylic acid groups (broad SMARTS) is 1. The van der Waals surface area contributed by atoms with Crippen molar-refractivity contribution in [3.05, 3.63) is 0 Å². The van der Waals surface area contributed by atoms with Crippen LogP contribution in [0.15, 0.2) is 0 Å². The highest BCUT2D eigenvalue weighted by molar-refractivity contribution is 5.76. The molecule has 0 saturated heterocycles. The average Bonchev–Trinajstić information content (AvgIpc) is 2.28. The molecular formula is C12H19NO4. The zero-order chi connectivity index (χ0) is 13.5. The molecule has 0 aliphatic heterocycles. The topological polar surface area (TPSA) is 87.4 Å². The van der Waals surface area contributed by atoms with Crippen molar-refractivity contribution < 1.29 is 19.4 Å². The van der Waals surface area contributed by atoms with Gasteiger partial charge in [-0.05, 0) is 19.8 Å². The van der Waals surface area contributed by atoms with Crippen LogP contribution < -0.4 is 0 Å². The normalized spacial score (nSPS) is 13.8. The van der Waals surface area contributed by atoms with Gasteiger partial charge in [0, 0.05) is 5.92 Å². The summed E-state index contributed by atoms with van der Waals surface area (Å²) in [6.45, 7) is 5.42. The Morgan fingerprint density at radius 2 is 1.88 bits per heavy atom. The Morgan fingerprint density at radius 3 is 2.24 bits per heavy atom. The van der Waals surface area contributed by atoms with E-state index >= 15 is 0 Å². The predicted octanol–water partition coefficient (Wildman–Crippen LogP) is 2.11. The molecule has 0 aliphatic rings. The number of carbonyl (C=O) groups is 2. The van der Waals surface area contributed by atoms with E-state index in [1.807, 2.05) is 19.9 Å². The molecule has 1 unspecified atom stereocenters. The van der Waals surface area contributed by atoms with E-state index in [0.29, 0.717) is 0 Å². The van der Waals surface area contributed by atoms with Crippen molar-refractivity contribution in [2.24, 2.45) is 5.92 Å². The SMILES string of the molecule is CCC(CC)C(C)(C#N)OC(=O)CCC(=O)O. The van der Waals surface area contributed by atoms with Crippen molar-refractivity contribution in [3.8, 4) is 6.07 Å². The van der Waals surface area contributed by atoms with Gasteiger partial charge < -0.3 is 9.84 Å². The summed E-state index contributed by atoms with van der Waals surface area (Å²) in [5, 5.41) is 17.5. The maximum Gasteiger partial charge on any atom is 0.307 e. The fraction of sp³-hybridized carbons (Fsp3) is 0.750. The second kappa shape index (κ2) is 6.89. The zero-order valence-corrected chi connectivity index (χ0v) is 10.5. The summed E-state index contributed by atoms with van der Waals surface area (Å²) in [7, 11) is 0. The van der Waals surface area contributed by atoms with Gasteiger partial charge in [-0.25, -0.2) is 0 Å². The van der Waals surface area contributed by atoms with E-state index in [-0.39, 0.29) is 18.8 Å². The van der Waals surface area contributed by atoms with Gasteiger partial charge in [0.2, 0.25) is 0 Å². The van der Waals surface area contributed by atoms with E-state index in [4.69, 9.17) is 15.1 Å². The van der Waals surface area contributed by atoms with Crippen LogP contribution in [0.2, 0.25) is 0 Å². The van der Waals surface area contributed by atoms with Gasteiger partial charge in [0.1, 0.15) is 6.07 Å². The van der Waals surface area contributed by atoms with Crippen LogP contribution in [-0.4, -0.2) is 22.6 Å². The minimum Gasteiger partial charge on any atom is -0.481 e. The first-order chi connectivity index (χ1) is 7.89. The third kappa shape index (κ3) is 4.85. The minimum absolute atomic E-state index is 0.0405. The number of nitrogens with zero attached hydrogens (tertiary/aromatic N) is 1. The fourth-order valence-corrected chi connectivity index (χ4v) is 1.76. The van der Waals surface area contributed by atoms with E-state index < -0.39 is 17.5 Å². The molecule has 0 amide bonds. The second-order valence-electron chi connectivity index (χ2n) is 4.10. The van der Waals surface area contributed by atoms with E-state index in [1.54, 1.807) is 6.92 Å². The molecule has 0 aromatic carbocycles. The highest BCUT2D eigenvalue weighted by atomic mass is 16.6. The van der Waals surface area contributed by atoms with Crippen molar-refractivity contribution in [3.63, 3.8) is 0 Å². The van der Waals surface area contributed by atoms with Crippen molar-refractivity contribution in [1.82, 2.24) is 0 Å². The Bertz CT molecular complexity index is 317. The largest absolute Gasteiger partial charge is 0.481 e. The van der Waals surface area contributed by atoms with Crippen LogP contribution in [-0.2, 0) is 14.3 Å². The molecule has 17 heavy (non-hydrogen) atoms. The quantitative estimate of drug-likeness (QED) is 0.690. The van der Waals surface area contributed by atoms with Crippen molar-refractivity contribution in [1.29, 1.82) is 5.26 Å². The van der Waals surface area contributed by atoms with Crippen LogP contribution in [0.3, 0.4) is 0 Å². The third-order valence-electron chi connectivity index (χ3n) is 2.86. The lowest BCUT2D eigenvalue weighted by atomic mass is 9.86. The molecule has 5 heteroatoms. The first-order valence-corrected chi connectivity index (χ1v) is 5.74. The maximum atomic E-state index is 11.4. The molecule has 0 aliphatic carbocycles. The Balaban J connectivity index is 4.53. The summed E-state index contributed by atoms with van der Waals surface area (Å²) in [6.07, 6.45) is 0.982. The molecule has 0 radical (unpaired) electrons. The molecule has 0 fully saturated rings. The van der Waals surface area contributed by atoms with Crippen molar-refractivity contribution >= 4 is 11.9 Å². The highest BCUT2D eigenvalue weighted by Gasteiger charge is 2.36. The lowest BCUT2D eigenvalue weighted by Gasteiger charge is -2.29. The molecule has 96 valence electrons. The van der Waals surface area contributed by atoms with Crippen LogP contribution in [0.25, 0.3) is 0 Å². The van der Waals surface area contributed by atoms with Crippen molar-refractivity contribution in [2.75, 3.05) is 0 Å². The molecule has 1 atom stereocenters. The molecule has 5 nitrogen and oxygen atoms in total. The van der Waals surface area contributed by atoms with Crippen LogP contribution in [0.4, 0.5) is 0 Å². The Labute approximate surface area is 101 Å². The maximum absolute atomic E-state index is 11.4. The van der Waals surface area contributed by atoms with Gasteiger partial charge in [-0.15, -0.1) is 0 Å². The van der Waals surface area contributed by atoms with Gasteiger partial charge >= 0.3 is 11.9 Å². The van der Waals surface area contributed by atoms with Crippen LogP contribution in [0, 0.1) is 17.2 Å². The number of carbonyl (C=O) groups excluding carboxylic acids is 1. The molecule has 0 aromatic rings. The molecule has 0 heterocycles. The van der Waals surface area contributed by atoms with Gasteiger partial charge in [0.25, 0.3) is 0 Å². The summed E-state index contributed by atoms with van der Waals surface area (Å²) in [6, 6.07) is 2.01. The standard InChI is InChI=1S/C12H19NO4/c1-4-9(5-2)12(3,8-13)17-11(16)7-6-10(14)15/h9H,4-7H2,1-3H3,(H,14,15). The number of ether oxygens (including phenoxy) is 1. The third-order valence-corrected chi connectivity index (χ3v) is 2.86. The molecule has 0 rings (SSSR count). The summed E-state index contributed by atoms with van der Waals surface area (Å²) in [4.78, 5) is 21.7. The van der Waals surface area contributed by atoms with Gasteiger partial charge in [-0.1, -0.05) is 13.8 Å². The van der Waals surface area contributed by atoms with E-state index in [9.17, 15) is 9.59 Å². The number of esters is 1. The zero-order valence-electron chi connectivity index (χ0n) is 10.5. The number of nitriles is 1. The van der Waals surface area contributed by atoms with Crippen LogP contribution >= 0.6 is 0 Å². The Hall–Kier alpha value is -1.57. The second-order valence-corrected chi connectivity index (χ2v) is 4.10. The smallest absolute Gasteiger partial charge is 0.307 e. The predicted molar refractivity (Wildman–Crippen MR) is 61.1 cm³/mol. The number of hydrogen-bond acceptors (Lipinski definition) is 4. The first kappa shape index (κ1) is 15.4. The lowest BCUT2D eigenvalue weighted by molar-refractivity contribution is -0.159. The van der Waals surface area contributed by atoms with Crippen LogP contribution in [0.5, 0.6) is 0 Å². The molecule has 0 aromatic heterocycles. The molecule has 0 bridgehead atoms. The van der Waals surface area contributed by atoms with Gasteiger partial charge in [0.15, 0.2) is 5.60 Å². The minimum atomic E-state index is -1.17. The van der Waals surface area contributed by atoms with Crippen molar-refractivity contribution in [2.45, 2.75) is 52.1 Å². The number of hydrogen-bond donors (Lipinski definition) is 1. The lowest BCUT2D eigenvalue weighted by Crippen LogP contribution is -2.38. The fourth-order valence-electron chi connectivity index (χ4n) is 1.76.